The molecule has 2 amide bonds. The first-order valence-corrected chi connectivity index (χ1v) is 8.96. The minimum Gasteiger partial charge on any atom is -0.323 e. The largest absolute Gasteiger partial charge is 0.323 e. The van der Waals surface area contributed by atoms with E-state index in [1.165, 1.54) is 4.68 Å². The summed E-state index contributed by atoms with van der Waals surface area (Å²) in [7, 11) is 0. The van der Waals surface area contributed by atoms with Crippen LogP contribution in [0, 0.1) is 31.3 Å². The fourth-order valence-corrected chi connectivity index (χ4v) is 2.96. The summed E-state index contributed by atoms with van der Waals surface area (Å²) in [6.45, 7) is 8.73. The number of amides is 2. The van der Waals surface area contributed by atoms with Crippen molar-refractivity contribution in [2.75, 3.05) is 5.32 Å². The van der Waals surface area contributed by atoms with E-state index in [-0.39, 0.29) is 24.4 Å². The van der Waals surface area contributed by atoms with Crippen LogP contribution < -0.4 is 5.32 Å². The third-order valence-electron chi connectivity index (χ3n) is 4.71. The monoisotopic (exact) mass is 417 g/mol. The van der Waals surface area contributed by atoms with Gasteiger partial charge in [-0.25, -0.2) is 22.8 Å². The highest BCUT2D eigenvalue weighted by Crippen LogP contribution is 2.21. The van der Waals surface area contributed by atoms with E-state index in [0.29, 0.717) is 17.1 Å². The maximum absolute atomic E-state index is 13.7. The van der Waals surface area contributed by atoms with Crippen LogP contribution in [0.25, 0.3) is 0 Å². The standard InChI is InChI=1S/C20H18F3N5O2/c1-9-10(2)24-20(26-19(9)30)28-12(4)13(11(3)27-28)5-8-16(29)25-15-7-6-14(21)17(22)18(15)23/h6-7H,1,5,8H2,2-4H3,(H,25,29). The highest BCUT2D eigenvalue weighted by molar-refractivity contribution is 6.27. The second-order valence-corrected chi connectivity index (χ2v) is 6.72. The second kappa shape index (κ2) is 8.05. The Morgan fingerprint density at radius 3 is 2.50 bits per heavy atom. The second-order valence-electron chi connectivity index (χ2n) is 6.72. The summed E-state index contributed by atoms with van der Waals surface area (Å²) >= 11 is 0. The Balaban J connectivity index is 1.75. The molecule has 156 valence electrons. The molecule has 1 aliphatic rings. The lowest BCUT2D eigenvalue weighted by Gasteiger charge is -2.11. The van der Waals surface area contributed by atoms with Gasteiger partial charge in [0.15, 0.2) is 17.5 Å². The first kappa shape index (κ1) is 21.2. The van der Waals surface area contributed by atoms with Gasteiger partial charge in [-0.2, -0.15) is 10.1 Å². The van der Waals surface area contributed by atoms with E-state index in [4.69, 9.17) is 0 Å². The van der Waals surface area contributed by atoms with Gasteiger partial charge in [0.2, 0.25) is 5.91 Å². The fraction of sp³-hybridized carbons (Fsp3) is 0.250. The topological polar surface area (TPSA) is 88.7 Å². The van der Waals surface area contributed by atoms with Crippen LogP contribution in [0.1, 0.15) is 30.3 Å². The van der Waals surface area contributed by atoms with Gasteiger partial charge < -0.3 is 5.32 Å². The Kier molecular flexibility index (Phi) is 5.68. The zero-order chi connectivity index (χ0) is 22.2. The third kappa shape index (κ3) is 3.93. The molecule has 7 nitrogen and oxygen atoms in total. The van der Waals surface area contributed by atoms with Crippen molar-refractivity contribution in [1.82, 2.24) is 9.78 Å². The van der Waals surface area contributed by atoms with Gasteiger partial charge in [-0.1, -0.05) is 6.58 Å². The molecule has 0 saturated carbocycles. The molecule has 1 N–H and O–H groups in total. The lowest BCUT2D eigenvalue weighted by molar-refractivity contribution is -0.116. The van der Waals surface area contributed by atoms with Crippen molar-refractivity contribution in [2.24, 2.45) is 9.98 Å². The highest BCUT2D eigenvalue weighted by atomic mass is 19.2. The van der Waals surface area contributed by atoms with Crippen LogP contribution in [0.4, 0.5) is 18.9 Å². The van der Waals surface area contributed by atoms with E-state index in [1.807, 2.05) is 0 Å². The van der Waals surface area contributed by atoms with E-state index in [1.54, 1.807) is 20.8 Å². The first-order valence-electron chi connectivity index (χ1n) is 8.96. The normalized spacial score (nSPS) is 13.9. The lowest BCUT2D eigenvalue weighted by Crippen LogP contribution is -2.23. The molecule has 0 saturated heterocycles. The van der Waals surface area contributed by atoms with E-state index in [2.05, 4.69) is 27.0 Å². The third-order valence-corrected chi connectivity index (χ3v) is 4.71. The molecule has 2 heterocycles. The average Bonchev–Trinajstić information content (AvgIpc) is 2.98. The smallest absolute Gasteiger partial charge is 0.281 e. The minimum atomic E-state index is -1.65. The van der Waals surface area contributed by atoms with Gasteiger partial charge in [-0.15, -0.1) is 0 Å². The summed E-state index contributed by atoms with van der Waals surface area (Å²) in [5.41, 5.74) is 2.17. The molecular formula is C20H18F3N5O2. The average molecular weight is 417 g/mol. The Morgan fingerprint density at radius 1 is 1.13 bits per heavy atom. The molecule has 10 heteroatoms. The van der Waals surface area contributed by atoms with Gasteiger partial charge in [0.05, 0.1) is 22.7 Å². The maximum atomic E-state index is 13.7. The SMILES string of the molecule is C=C1C(=O)N=C(n2nc(C)c(CCC(=O)Nc3ccc(F)c(F)c3F)c2C)N=C1C. The number of aliphatic imine (C=N–C) groups is 2. The van der Waals surface area contributed by atoms with Crippen LogP contribution in [0.3, 0.4) is 0 Å². The minimum absolute atomic E-state index is 0.0592. The maximum Gasteiger partial charge on any atom is 0.281 e. The number of nitrogens with one attached hydrogen (secondary N) is 1. The molecule has 30 heavy (non-hydrogen) atoms. The molecule has 1 aromatic heterocycles. The molecule has 0 bridgehead atoms. The number of rotatable bonds is 4. The molecule has 0 unspecified atom stereocenters. The van der Waals surface area contributed by atoms with Crippen LogP contribution in [-0.2, 0) is 16.0 Å². The number of hydrogen-bond acceptors (Lipinski definition) is 4. The molecule has 3 rings (SSSR count). The number of carbonyl (C=O) groups is 2. The molecular weight excluding hydrogens is 399 g/mol. The summed E-state index contributed by atoms with van der Waals surface area (Å²) in [5, 5.41) is 6.57. The molecule has 0 fully saturated rings. The highest BCUT2D eigenvalue weighted by Gasteiger charge is 2.22. The molecule has 0 aliphatic carbocycles. The number of nitrogens with zero attached hydrogens (tertiary/aromatic N) is 4. The van der Waals surface area contributed by atoms with Crippen LogP contribution in [0.5, 0.6) is 0 Å². The number of halogens is 3. The van der Waals surface area contributed by atoms with Gasteiger partial charge in [0.1, 0.15) is 0 Å². The van der Waals surface area contributed by atoms with Crippen LogP contribution in [-0.4, -0.2) is 33.3 Å². The van der Waals surface area contributed by atoms with Crippen molar-refractivity contribution in [3.05, 3.63) is 58.7 Å². The zero-order valence-electron chi connectivity index (χ0n) is 16.5. The van der Waals surface area contributed by atoms with Crippen molar-refractivity contribution in [3.8, 4) is 0 Å². The number of carbonyl (C=O) groups excluding carboxylic acids is 2. The van der Waals surface area contributed by atoms with E-state index >= 15 is 0 Å². The molecule has 1 aromatic carbocycles. The molecule has 0 radical (unpaired) electrons. The van der Waals surface area contributed by atoms with Crippen LogP contribution in [0.15, 0.2) is 34.3 Å². The Morgan fingerprint density at radius 2 is 1.83 bits per heavy atom. The predicted molar refractivity (Wildman–Crippen MR) is 105 cm³/mol. The number of aryl methyl sites for hydroxylation is 1. The van der Waals surface area contributed by atoms with Crippen molar-refractivity contribution >= 4 is 29.2 Å². The summed E-state index contributed by atoms with van der Waals surface area (Å²) < 4.78 is 41.4. The van der Waals surface area contributed by atoms with Crippen molar-refractivity contribution in [3.63, 3.8) is 0 Å². The summed E-state index contributed by atoms with van der Waals surface area (Å²) in [5.74, 6) is -5.43. The van der Waals surface area contributed by atoms with Crippen molar-refractivity contribution < 1.29 is 22.8 Å². The summed E-state index contributed by atoms with van der Waals surface area (Å²) in [6, 6.07) is 1.68. The Labute approximate surface area is 170 Å². The number of anilines is 1. The number of hydrogen-bond donors (Lipinski definition) is 1. The van der Waals surface area contributed by atoms with E-state index < -0.39 is 35.0 Å². The van der Waals surface area contributed by atoms with Gasteiger partial charge in [0.25, 0.3) is 11.9 Å². The van der Waals surface area contributed by atoms with Gasteiger partial charge in [-0.05, 0) is 44.9 Å². The summed E-state index contributed by atoms with van der Waals surface area (Å²) in [4.78, 5) is 32.2. The Bertz CT molecular complexity index is 1150. The van der Waals surface area contributed by atoms with Crippen LogP contribution >= 0.6 is 0 Å². The number of benzene rings is 1. The van der Waals surface area contributed by atoms with Gasteiger partial charge in [-0.3, -0.25) is 9.59 Å². The predicted octanol–water partition coefficient (Wildman–Crippen LogP) is 3.25. The lowest BCUT2D eigenvalue weighted by atomic mass is 10.1. The molecule has 1 aliphatic heterocycles. The Hall–Kier alpha value is -3.56. The molecule has 2 aromatic rings. The van der Waals surface area contributed by atoms with E-state index in [9.17, 15) is 22.8 Å². The zero-order valence-corrected chi connectivity index (χ0v) is 16.5. The van der Waals surface area contributed by atoms with Crippen molar-refractivity contribution in [2.45, 2.75) is 33.6 Å². The van der Waals surface area contributed by atoms with Gasteiger partial charge >= 0.3 is 0 Å². The molecule has 0 atom stereocenters. The molecule has 0 spiro atoms. The van der Waals surface area contributed by atoms with Gasteiger partial charge in [0, 0.05) is 12.1 Å². The van der Waals surface area contributed by atoms with Crippen molar-refractivity contribution in [1.29, 1.82) is 0 Å². The first-order chi connectivity index (χ1) is 14.1. The summed E-state index contributed by atoms with van der Waals surface area (Å²) in [6.07, 6.45) is 0.182. The quantitative estimate of drug-likeness (QED) is 0.612. The number of aromatic nitrogens is 2. The fourth-order valence-electron chi connectivity index (χ4n) is 2.96. The van der Waals surface area contributed by atoms with Crippen LogP contribution in [0.2, 0.25) is 0 Å². The van der Waals surface area contributed by atoms with E-state index in [0.717, 1.165) is 17.7 Å².